The molecule has 0 spiro atoms. The summed E-state index contributed by atoms with van der Waals surface area (Å²) in [4.78, 5) is 0. The Morgan fingerprint density at radius 2 is 1.00 bits per heavy atom. The van der Waals surface area contributed by atoms with Crippen molar-refractivity contribution < 1.29 is 0 Å². The van der Waals surface area contributed by atoms with E-state index in [1.165, 1.54) is 99.8 Å². The molecule has 1 aliphatic carbocycles. The van der Waals surface area contributed by atoms with Crippen LogP contribution in [-0.2, 0) is 5.41 Å². The molecule has 1 heterocycles. The molecule has 1 aromatic heterocycles. The Morgan fingerprint density at radius 3 is 1.71 bits per heavy atom. The lowest BCUT2D eigenvalue weighted by Gasteiger charge is -2.34. The summed E-state index contributed by atoms with van der Waals surface area (Å²) in [5.74, 6) is 0. The molecular weight excluding hydrogens is 867 g/mol. The summed E-state index contributed by atoms with van der Waals surface area (Å²) in [6.45, 7) is 8.19. The minimum atomic E-state index is -0.426. The van der Waals surface area contributed by atoms with Crippen LogP contribution < -0.4 is 0 Å². The van der Waals surface area contributed by atoms with E-state index < -0.39 is 5.41 Å². The zero-order valence-electron chi connectivity index (χ0n) is 41.6. The molecule has 0 atom stereocenters. The zero-order valence-corrected chi connectivity index (χ0v) is 41.6. The van der Waals surface area contributed by atoms with E-state index in [1.54, 1.807) is 0 Å². The number of aryl methyl sites for hydroxylation is 1. The van der Waals surface area contributed by atoms with Crippen molar-refractivity contribution in [1.29, 1.82) is 0 Å². The lowest BCUT2D eigenvalue weighted by molar-refractivity contribution is 0.768. The molecule has 0 amide bonds. The molecule has 0 unspecified atom stereocenters. The highest BCUT2D eigenvalue weighted by Gasteiger charge is 2.45. The third-order valence-corrected chi connectivity index (χ3v) is 13.7. The van der Waals surface area contributed by atoms with E-state index in [9.17, 15) is 0 Å². The van der Waals surface area contributed by atoms with Gasteiger partial charge in [0.05, 0.1) is 16.4 Å². The monoisotopic (exact) mass is 925 g/mol. The van der Waals surface area contributed by atoms with Crippen LogP contribution in [0.5, 0.6) is 0 Å². The quantitative estimate of drug-likeness (QED) is 0.127. The van der Waals surface area contributed by atoms with E-state index in [2.05, 4.69) is 298 Å². The Bertz CT molecular complexity index is 3660. The van der Waals surface area contributed by atoms with Gasteiger partial charge < -0.3 is 4.57 Å². The van der Waals surface area contributed by atoms with Gasteiger partial charge in [-0.3, -0.25) is 0 Å². The van der Waals surface area contributed by atoms with E-state index in [0.717, 1.165) is 5.57 Å². The molecule has 0 aliphatic heterocycles. The number of hydrogen-bond donors (Lipinski definition) is 0. The van der Waals surface area contributed by atoms with Gasteiger partial charge in [0.25, 0.3) is 0 Å². The summed E-state index contributed by atoms with van der Waals surface area (Å²) in [5, 5.41) is 2.51. The van der Waals surface area contributed by atoms with Crippen LogP contribution in [0.3, 0.4) is 0 Å². The van der Waals surface area contributed by atoms with Crippen LogP contribution in [0, 0.1) is 6.92 Å². The van der Waals surface area contributed by atoms with E-state index >= 15 is 0 Å². The molecule has 0 fully saturated rings. The third-order valence-electron chi connectivity index (χ3n) is 13.7. The van der Waals surface area contributed by atoms with Crippen molar-refractivity contribution in [3.63, 3.8) is 0 Å². The van der Waals surface area contributed by atoms with E-state index in [4.69, 9.17) is 0 Å². The van der Waals surface area contributed by atoms with Gasteiger partial charge in [0.2, 0.25) is 0 Å². The molecule has 348 valence electrons. The highest BCUT2D eigenvalue weighted by molar-refractivity contribution is 6.10. The molecule has 1 aliphatic rings. The van der Waals surface area contributed by atoms with Crippen LogP contribution in [0.15, 0.2) is 279 Å². The fourth-order valence-corrected chi connectivity index (χ4v) is 10.5. The molecule has 11 aromatic rings. The van der Waals surface area contributed by atoms with Crippen molar-refractivity contribution in [3.8, 4) is 39.1 Å². The summed E-state index contributed by atoms with van der Waals surface area (Å²) in [7, 11) is 0. The van der Waals surface area contributed by atoms with Crippen LogP contribution >= 0.6 is 0 Å². The van der Waals surface area contributed by atoms with Gasteiger partial charge >= 0.3 is 0 Å². The molecule has 0 saturated carbocycles. The minimum absolute atomic E-state index is 0.426. The summed E-state index contributed by atoms with van der Waals surface area (Å²) in [6, 6.07) is 92.2. The average Bonchev–Trinajstić information content (AvgIpc) is 3.95. The lowest BCUT2D eigenvalue weighted by atomic mass is 9.67. The maximum atomic E-state index is 2.41. The van der Waals surface area contributed by atoms with Crippen molar-refractivity contribution in [2.24, 2.45) is 0 Å². The van der Waals surface area contributed by atoms with Crippen molar-refractivity contribution >= 4 is 33.5 Å². The van der Waals surface area contributed by atoms with Crippen LogP contribution in [0.2, 0.25) is 0 Å². The van der Waals surface area contributed by atoms with Gasteiger partial charge in [-0.1, -0.05) is 262 Å². The molecule has 12 rings (SSSR count). The lowest BCUT2D eigenvalue weighted by Crippen LogP contribution is -2.28. The Hall–Kier alpha value is -8.78. The number of aromatic nitrogens is 1. The molecule has 10 aromatic carbocycles. The number of rotatable bonds is 9. The number of nitrogens with zero attached hydrogens (tertiary/aromatic N) is 1. The highest BCUT2D eigenvalue weighted by Crippen LogP contribution is 2.56. The van der Waals surface area contributed by atoms with Crippen LogP contribution in [0.25, 0.3) is 72.5 Å². The summed E-state index contributed by atoms with van der Waals surface area (Å²) in [6.07, 6.45) is 11.0. The highest BCUT2D eigenvalue weighted by atomic mass is 15.0. The number of hydrogen-bond acceptors (Lipinski definition) is 0. The fraction of sp³-hybridized carbons (Fsp3) is 0.0704. The molecule has 72 heavy (non-hydrogen) atoms. The smallest absolute Gasteiger partial charge is 0.0713 e. The number of allylic oxidation sites excluding steroid dienone is 5. The van der Waals surface area contributed by atoms with E-state index in [-0.39, 0.29) is 0 Å². The Kier molecular flexibility index (Phi) is 14.0. The predicted molar refractivity (Wildman–Crippen MR) is 310 cm³/mol. The van der Waals surface area contributed by atoms with Crippen molar-refractivity contribution in [2.45, 2.75) is 33.1 Å². The second-order valence-electron chi connectivity index (χ2n) is 18.1. The number of benzene rings is 10. The SMILES string of the molecule is C/C=C/C=C(\C=C/c1ccc2c(c1)C(c1ccccc1)(c1ccccc1)c1ccccc1-2)c1cccc(-c2ccc3c(c2)c2ccccc2n3-c2ccccc2)c1.CC.Cc1cccc(-c2ccccc2)c1. The van der Waals surface area contributed by atoms with Gasteiger partial charge in [0.1, 0.15) is 0 Å². The molecule has 0 N–H and O–H groups in total. The van der Waals surface area contributed by atoms with E-state index in [1.807, 2.05) is 19.9 Å². The molecule has 0 bridgehead atoms. The second kappa shape index (κ2) is 21.5. The van der Waals surface area contributed by atoms with Gasteiger partial charge in [0.15, 0.2) is 0 Å². The van der Waals surface area contributed by atoms with Crippen LogP contribution in [0.1, 0.15) is 59.7 Å². The Labute approximate surface area is 426 Å². The van der Waals surface area contributed by atoms with Gasteiger partial charge in [0, 0.05) is 16.5 Å². The first-order valence-electron chi connectivity index (χ1n) is 25.3. The largest absolute Gasteiger partial charge is 0.309 e. The minimum Gasteiger partial charge on any atom is -0.309 e. The summed E-state index contributed by atoms with van der Waals surface area (Å²) in [5.41, 5.74) is 20.7. The maximum absolute atomic E-state index is 2.41. The van der Waals surface area contributed by atoms with Gasteiger partial charge in [-0.15, -0.1) is 0 Å². The number of para-hydroxylation sites is 2. The maximum Gasteiger partial charge on any atom is 0.0713 e. The molecule has 1 heteroatoms. The van der Waals surface area contributed by atoms with Crippen molar-refractivity contribution in [3.05, 3.63) is 318 Å². The standard InChI is InChI=1S/C56H41N.C13H12.C2H6/c1-2-3-18-41(42-19-17-20-43(38-42)44-34-36-55-51(39-44)50-28-14-16-30-54(50)57(55)47-25-11-6-12-26-47)33-31-40-32-35-49-48-27-13-15-29-52(48)56(53(49)37-40,45-21-7-4-8-22-45)46-23-9-5-10-24-46;1-11-6-5-9-13(10-11)12-7-3-2-4-8-12;1-2/h2-39H,1H3;2-10H,1H3;1-2H3/b3-2+,33-31-,41-18+;;. The average molecular weight is 926 g/mol. The molecule has 0 saturated heterocycles. The van der Waals surface area contributed by atoms with Crippen LogP contribution in [-0.4, -0.2) is 4.57 Å². The van der Waals surface area contributed by atoms with Gasteiger partial charge in [-0.2, -0.15) is 0 Å². The Balaban J connectivity index is 0.000000343. The molecular formula is C71H59N. The number of fused-ring (bicyclic) bond motifs is 6. The first-order valence-corrected chi connectivity index (χ1v) is 25.3. The normalized spacial score (nSPS) is 12.5. The molecule has 1 nitrogen and oxygen atoms in total. The van der Waals surface area contributed by atoms with Crippen molar-refractivity contribution in [2.75, 3.05) is 0 Å². The zero-order chi connectivity index (χ0) is 49.3. The summed E-state index contributed by atoms with van der Waals surface area (Å²) >= 11 is 0. The van der Waals surface area contributed by atoms with Gasteiger partial charge in [-0.05, 0) is 129 Å². The second-order valence-corrected chi connectivity index (χ2v) is 18.1. The Morgan fingerprint density at radius 1 is 0.431 bits per heavy atom. The topological polar surface area (TPSA) is 4.93 Å². The van der Waals surface area contributed by atoms with Crippen molar-refractivity contribution in [1.82, 2.24) is 4.57 Å². The third kappa shape index (κ3) is 9.10. The first kappa shape index (κ1) is 46.9. The first-order chi connectivity index (χ1) is 35.6. The fourth-order valence-electron chi connectivity index (χ4n) is 10.5. The van der Waals surface area contributed by atoms with E-state index in [0.29, 0.717) is 0 Å². The predicted octanol–water partition coefficient (Wildman–Crippen LogP) is 19.2. The summed E-state index contributed by atoms with van der Waals surface area (Å²) < 4.78 is 2.37. The molecule has 0 radical (unpaired) electrons. The van der Waals surface area contributed by atoms with Gasteiger partial charge in [-0.25, -0.2) is 0 Å². The van der Waals surface area contributed by atoms with Crippen LogP contribution in [0.4, 0.5) is 0 Å².